The summed E-state index contributed by atoms with van der Waals surface area (Å²) in [6.45, 7) is 5.47. The summed E-state index contributed by atoms with van der Waals surface area (Å²) in [6.07, 6.45) is 1.89. The van der Waals surface area contributed by atoms with Gasteiger partial charge in [0.2, 0.25) is 0 Å². The van der Waals surface area contributed by atoms with Gasteiger partial charge in [0.25, 0.3) is 0 Å². The van der Waals surface area contributed by atoms with Gasteiger partial charge in [-0.15, -0.1) is 0 Å². The fraction of sp³-hybridized carbons (Fsp3) is 0.647. The Morgan fingerprint density at radius 3 is 2.86 bits per heavy atom. The Bertz CT molecular complexity index is 386. The van der Waals surface area contributed by atoms with Crippen LogP contribution in [0.1, 0.15) is 18.4 Å². The van der Waals surface area contributed by atoms with Crippen molar-refractivity contribution in [1.29, 1.82) is 0 Å². The van der Waals surface area contributed by atoms with Crippen LogP contribution in [0.25, 0.3) is 0 Å². The van der Waals surface area contributed by atoms with Gasteiger partial charge in [-0.1, -0.05) is 30.3 Å². The van der Waals surface area contributed by atoms with E-state index in [9.17, 15) is 5.11 Å². The Morgan fingerprint density at radius 2 is 2.14 bits per heavy atom. The van der Waals surface area contributed by atoms with Crippen LogP contribution < -0.4 is 5.32 Å². The predicted octanol–water partition coefficient (Wildman–Crippen LogP) is 1.50. The zero-order valence-electron chi connectivity index (χ0n) is 13.0. The van der Waals surface area contributed by atoms with Crippen molar-refractivity contribution in [3.8, 4) is 0 Å². The van der Waals surface area contributed by atoms with Crippen LogP contribution in [0, 0.1) is 5.92 Å². The number of likely N-dealkylation sites (tertiary alicyclic amines) is 1. The molecule has 1 aliphatic heterocycles. The molecule has 2 rings (SSSR count). The lowest BCUT2D eigenvalue weighted by Crippen LogP contribution is -2.47. The van der Waals surface area contributed by atoms with Gasteiger partial charge in [-0.05, 0) is 30.9 Å². The van der Waals surface area contributed by atoms with Gasteiger partial charge in [-0.25, -0.2) is 0 Å². The summed E-state index contributed by atoms with van der Waals surface area (Å²) >= 11 is 0. The minimum Gasteiger partial charge on any atom is -0.391 e. The summed E-state index contributed by atoms with van der Waals surface area (Å²) in [4.78, 5) is 2.34. The quantitative estimate of drug-likeness (QED) is 0.713. The summed E-state index contributed by atoms with van der Waals surface area (Å²) in [5, 5.41) is 13.8. The van der Waals surface area contributed by atoms with Crippen molar-refractivity contribution in [2.24, 2.45) is 5.92 Å². The molecule has 2 N–H and O–H groups in total. The molecule has 0 amide bonds. The molecule has 4 nitrogen and oxygen atoms in total. The fourth-order valence-electron chi connectivity index (χ4n) is 2.92. The highest BCUT2D eigenvalue weighted by molar-refractivity contribution is 5.14. The summed E-state index contributed by atoms with van der Waals surface area (Å²) in [5.74, 6) is 0.368. The SMILES string of the molecule is COCCCN1CC[C@@H](CNCc2ccccc2)[C@H](O)C1. The minimum absolute atomic E-state index is 0.218. The Labute approximate surface area is 128 Å². The van der Waals surface area contributed by atoms with E-state index >= 15 is 0 Å². The van der Waals surface area contributed by atoms with E-state index in [2.05, 4.69) is 34.5 Å². The zero-order valence-corrected chi connectivity index (χ0v) is 13.0. The number of methoxy groups -OCH3 is 1. The number of aliphatic hydroxyl groups excluding tert-OH is 1. The van der Waals surface area contributed by atoms with Gasteiger partial charge < -0.3 is 20.1 Å². The first-order valence-corrected chi connectivity index (χ1v) is 7.93. The summed E-state index contributed by atoms with van der Waals surface area (Å²) < 4.78 is 5.08. The van der Waals surface area contributed by atoms with Crippen molar-refractivity contribution in [1.82, 2.24) is 10.2 Å². The molecule has 0 saturated carbocycles. The molecule has 1 aliphatic rings. The fourth-order valence-corrected chi connectivity index (χ4v) is 2.92. The van der Waals surface area contributed by atoms with Crippen LogP contribution in [-0.4, -0.2) is 56.0 Å². The van der Waals surface area contributed by atoms with Gasteiger partial charge in [0, 0.05) is 39.9 Å². The molecule has 0 aromatic heterocycles. The molecule has 0 unspecified atom stereocenters. The Balaban J connectivity index is 1.64. The molecule has 1 aromatic rings. The maximum Gasteiger partial charge on any atom is 0.0707 e. The summed E-state index contributed by atoms with van der Waals surface area (Å²) in [6, 6.07) is 10.4. The third-order valence-electron chi connectivity index (χ3n) is 4.21. The van der Waals surface area contributed by atoms with Crippen LogP contribution in [0.15, 0.2) is 30.3 Å². The molecule has 0 bridgehead atoms. The third-order valence-corrected chi connectivity index (χ3v) is 4.21. The molecule has 0 aliphatic carbocycles. The van der Waals surface area contributed by atoms with E-state index in [1.807, 2.05) is 6.07 Å². The number of hydrogen-bond donors (Lipinski definition) is 2. The van der Waals surface area contributed by atoms with Crippen molar-refractivity contribution in [2.45, 2.75) is 25.5 Å². The molecular weight excluding hydrogens is 264 g/mol. The molecule has 1 heterocycles. The summed E-state index contributed by atoms with van der Waals surface area (Å²) in [5.41, 5.74) is 1.30. The highest BCUT2D eigenvalue weighted by atomic mass is 16.5. The molecule has 0 radical (unpaired) electrons. The zero-order chi connectivity index (χ0) is 14.9. The van der Waals surface area contributed by atoms with Crippen molar-refractivity contribution in [2.75, 3.05) is 39.9 Å². The number of benzene rings is 1. The lowest BCUT2D eigenvalue weighted by Gasteiger charge is -2.36. The van der Waals surface area contributed by atoms with E-state index in [-0.39, 0.29) is 6.10 Å². The second-order valence-corrected chi connectivity index (χ2v) is 5.88. The number of piperidine rings is 1. The Kier molecular flexibility index (Phi) is 7.16. The van der Waals surface area contributed by atoms with Crippen molar-refractivity contribution >= 4 is 0 Å². The van der Waals surface area contributed by atoms with E-state index < -0.39 is 0 Å². The average Bonchev–Trinajstić information content (AvgIpc) is 2.51. The smallest absolute Gasteiger partial charge is 0.0707 e. The van der Waals surface area contributed by atoms with Gasteiger partial charge >= 0.3 is 0 Å². The standard InChI is InChI=1S/C17H28N2O2/c1-21-11-5-9-19-10-8-16(17(20)14-19)13-18-12-15-6-3-2-4-7-15/h2-4,6-7,16-18,20H,5,8-14H2,1H3/t16-,17+/m0/s1. The third kappa shape index (κ3) is 5.75. The van der Waals surface area contributed by atoms with Crippen LogP contribution in [0.4, 0.5) is 0 Å². The van der Waals surface area contributed by atoms with Crippen LogP contribution in [0.2, 0.25) is 0 Å². The average molecular weight is 292 g/mol. The van der Waals surface area contributed by atoms with Gasteiger partial charge in [0.15, 0.2) is 0 Å². The molecule has 21 heavy (non-hydrogen) atoms. The predicted molar refractivity (Wildman–Crippen MR) is 85.2 cm³/mol. The van der Waals surface area contributed by atoms with Crippen molar-refractivity contribution < 1.29 is 9.84 Å². The first kappa shape index (κ1) is 16.4. The molecule has 118 valence electrons. The minimum atomic E-state index is -0.218. The van der Waals surface area contributed by atoms with Crippen molar-refractivity contribution in [3.63, 3.8) is 0 Å². The van der Waals surface area contributed by atoms with Crippen LogP contribution in [-0.2, 0) is 11.3 Å². The Hall–Kier alpha value is -0.940. The summed E-state index contributed by atoms with van der Waals surface area (Å²) in [7, 11) is 1.74. The number of hydrogen-bond acceptors (Lipinski definition) is 4. The highest BCUT2D eigenvalue weighted by Gasteiger charge is 2.26. The monoisotopic (exact) mass is 292 g/mol. The lowest BCUT2D eigenvalue weighted by molar-refractivity contribution is 0.0191. The maximum absolute atomic E-state index is 10.3. The van der Waals surface area contributed by atoms with Gasteiger partial charge in [-0.3, -0.25) is 0 Å². The van der Waals surface area contributed by atoms with Gasteiger partial charge in [0.1, 0.15) is 0 Å². The van der Waals surface area contributed by atoms with Gasteiger partial charge in [0.05, 0.1) is 6.10 Å². The Morgan fingerprint density at radius 1 is 1.33 bits per heavy atom. The highest BCUT2D eigenvalue weighted by Crippen LogP contribution is 2.17. The van der Waals surface area contributed by atoms with Crippen LogP contribution in [0.5, 0.6) is 0 Å². The number of rotatable bonds is 8. The number of aliphatic hydroxyl groups is 1. The normalized spacial score (nSPS) is 23.3. The van der Waals surface area contributed by atoms with E-state index in [1.54, 1.807) is 7.11 Å². The number of β-amino-alcohol motifs (C(OH)–C–C–N with tert-alkyl or cyclic N) is 1. The largest absolute Gasteiger partial charge is 0.391 e. The number of nitrogens with one attached hydrogen (secondary N) is 1. The number of nitrogens with zero attached hydrogens (tertiary/aromatic N) is 1. The molecule has 1 fully saturated rings. The van der Waals surface area contributed by atoms with E-state index in [4.69, 9.17) is 4.74 Å². The van der Waals surface area contributed by atoms with Gasteiger partial charge in [-0.2, -0.15) is 0 Å². The molecular formula is C17H28N2O2. The van der Waals surface area contributed by atoms with E-state index in [0.717, 1.165) is 52.2 Å². The van der Waals surface area contributed by atoms with Crippen LogP contribution >= 0.6 is 0 Å². The second-order valence-electron chi connectivity index (χ2n) is 5.88. The maximum atomic E-state index is 10.3. The topological polar surface area (TPSA) is 44.7 Å². The van der Waals surface area contributed by atoms with Crippen molar-refractivity contribution in [3.05, 3.63) is 35.9 Å². The molecule has 1 saturated heterocycles. The molecule has 4 heteroatoms. The first-order valence-electron chi connectivity index (χ1n) is 7.93. The molecule has 0 spiro atoms. The van der Waals surface area contributed by atoms with E-state index in [1.165, 1.54) is 5.56 Å². The van der Waals surface area contributed by atoms with E-state index in [0.29, 0.717) is 5.92 Å². The molecule has 2 atom stereocenters. The lowest BCUT2D eigenvalue weighted by atomic mass is 9.93. The number of ether oxygens (including phenoxy) is 1. The first-order chi connectivity index (χ1) is 10.3. The second kappa shape index (κ2) is 9.15. The van der Waals surface area contributed by atoms with Crippen LogP contribution in [0.3, 0.4) is 0 Å². The molecule has 1 aromatic carbocycles.